The van der Waals surface area contributed by atoms with E-state index in [2.05, 4.69) is 0 Å². The van der Waals surface area contributed by atoms with Crippen LogP contribution >= 0.6 is 0 Å². The molecule has 1 aliphatic heterocycles. The molecule has 1 unspecified atom stereocenters. The van der Waals surface area contributed by atoms with Crippen LogP contribution in [0.3, 0.4) is 0 Å². The molecule has 5 nitrogen and oxygen atoms in total. The van der Waals surface area contributed by atoms with Crippen molar-refractivity contribution in [1.29, 1.82) is 0 Å². The Bertz CT molecular complexity index is 539. The van der Waals surface area contributed by atoms with Crippen molar-refractivity contribution in [2.75, 3.05) is 28.9 Å². The highest BCUT2D eigenvalue weighted by Crippen LogP contribution is 2.23. The number of sulfonamides is 1. The topological polar surface area (TPSA) is 72.6 Å². The predicted octanol–water partition coefficient (Wildman–Crippen LogP) is 1.99. The van der Waals surface area contributed by atoms with Gasteiger partial charge < -0.3 is 10.5 Å². The van der Waals surface area contributed by atoms with E-state index in [1.807, 2.05) is 6.92 Å². The van der Waals surface area contributed by atoms with Gasteiger partial charge >= 0.3 is 0 Å². The van der Waals surface area contributed by atoms with Gasteiger partial charge in [0, 0.05) is 18.8 Å². The Morgan fingerprint density at radius 1 is 1.45 bits per heavy atom. The van der Waals surface area contributed by atoms with Gasteiger partial charge in [-0.15, -0.1) is 0 Å². The Kier molecular flexibility index (Phi) is 4.88. The molecule has 1 atom stereocenters. The number of nitrogens with two attached hydrogens (primary N) is 1. The molecule has 1 fully saturated rings. The Morgan fingerprint density at radius 3 is 2.85 bits per heavy atom. The first-order valence-electron chi connectivity index (χ1n) is 7.00. The quantitative estimate of drug-likeness (QED) is 0.815. The lowest BCUT2D eigenvalue weighted by molar-refractivity contribution is 0.127. The molecule has 20 heavy (non-hydrogen) atoms. The Hall–Kier alpha value is -1.27. The van der Waals surface area contributed by atoms with Crippen molar-refractivity contribution < 1.29 is 13.2 Å². The van der Waals surface area contributed by atoms with E-state index in [0.29, 0.717) is 24.5 Å². The third-order valence-electron chi connectivity index (χ3n) is 3.34. The third-order valence-corrected chi connectivity index (χ3v) is 5.20. The van der Waals surface area contributed by atoms with E-state index in [1.165, 1.54) is 4.31 Å². The minimum atomic E-state index is -3.38. The number of ether oxygens (including phenoxy) is 1. The van der Waals surface area contributed by atoms with Gasteiger partial charge in [0.05, 0.1) is 17.5 Å². The number of nitrogens with zero attached hydrogens (tertiary/aromatic N) is 1. The summed E-state index contributed by atoms with van der Waals surface area (Å²) in [5.74, 6) is 0.0435. The van der Waals surface area contributed by atoms with Gasteiger partial charge in [-0.2, -0.15) is 0 Å². The lowest BCUT2D eigenvalue weighted by Gasteiger charge is -2.25. The number of hydrogen-bond acceptors (Lipinski definition) is 4. The van der Waals surface area contributed by atoms with Crippen LogP contribution in [-0.2, 0) is 14.8 Å². The van der Waals surface area contributed by atoms with Crippen molar-refractivity contribution in [3.05, 3.63) is 24.3 Å². The summed E-state index contributed by atoms with van der Waals surface area (Å²) in [7, 11) is -3.38. The highest BCUT2D eigenvalue weighted by Gasteiger charge is 2.28. The van der Waals surface area contributed by atoms with Crippen LogP contribution in [-0.4, -0.2) is 33.4 Å². The van der Waals surface area contributed by atoms with E-state index in [1.54, 1.807) is 24.3 Å². The monoisotopic (exact) mass is 298 g/mol. The molecule has 2 N–H and O–H groups in total. The molecule has 112 valence electrons. The summed E-state index contributed by atoms with van der Waals surface area (Å²) >= 11 is 0. The van der Waals surface area contributed by atoms with Crippen LogP contribution in [0.1, 0.15) is 26.2 Å². The van der Waals surface area contributed by atoms with Gasteiger partial charge in [0.15, 0.2) is 0 Å². The maximum atomic E-state index is 12.6. The molecule has 0 aromatic heterocycles. The first-order chi connectivity index (χ1) is 9.53. The molecule has 0 amide bonds. The highest BCUT2D eigenvalue weighted by atomic mass is 32.2. The summed E-state index contributed by atoms with van der Waals surface area (Å²) in [5, 5.41) is 0. The third kappa shape index (κ3) is 3.64. The smallest absolute Gasteiger partial charge is 0.237 e. The molecular weight excluding hydrogens is 276 g/mol. The summed E-state index contributed by atoms with van der Waals surface area (Å²) in [6, 6.07) is 7.00. The van der Waals surface area contributed by atoms with E-state index in [4.69, 9.17) is 10.5 Å². The van der Waals surface area contributed by atoms with Crippen molar-refractivity contribution in [1.82, 2.24) is 0 Å². The molecule has 0 spiro atoms. The predicted molar refractivity (Wildman–Crippen MR) is 81.3 cm³/mol. The average molecular weight is 298 g/mol. The molecule has 1 heterocycles. The van der Waals surface area contributed by atoms with E-state index in [0.717, 1.165) is 19.3 Å². The molecule has 6 heteroatoms. The first kappa shape index (κ1) is 15.1. The van der Waals surface area contributed by atoms with Crippen molar-refractivity contribution in [3.8, 4) is 0 Å². The van der Waals surface area contributed by atoms with Gasteiger partial charge in [-0.25, -0.2) is 8.42 Å². The zero-order valence-electron chi connectivity index (χ0n) is 11.8. The zero-order valence-corrected chi connectivity index (χ0v) is 12.6. The Morgan fingerprint density at radius 2 is 2.25 bits per heavy atom. The number of nitrogen functional groups attached to an aromatic ring is 1. The zero-order chi connectivity index (χ0) is 14.6. The molecule has 0 aliphatic carbocycles. The van der Waals surface area contributed by atoms with Gasteiger partial charge in [-0.05, 0) is 37.5 Å². The van der Waals surface area contributed by atoms with Crippen LogP contribution in [0.25, 0.3) is 0 Å². The second-order valence-corrected chi connectivity index (χ2v) is 7.02. The standard InChI is InChI=1S/C14H22N2O3S/c1-2-8-16(13-6-3-5-12(15)10-13)20(17,18)11-14-7-4-9-19-14/h3,5-6,10,14H,2,4,7-9,11,15H2,1H3. The number of benzene rings is 1. The lowest BCUT2D eigenvalue weighted by atomic mass is 10.3. The lowest BCUT2D eigenvalue weighted by Crippen LogP contribution is -2.37. The van der Waals surface area contributed by atoms with Crippen LogP contribution in [0.15, 0.2) is 24.3 Å². The SMILES string of the molecule is CCCN(c1cccc(N)c1)S(=O)(=O)CC1CCCO1. The van der Waals surface area contributed by atoms with Crippen molar-refractivity contribution in [2.45, 2.75) is 32.3 Å². The molecule has 2 rings (SSSR count). The molecule has 0 radical (unpaired) electrons. The van der Waals surface area contributed by atoms with Crippen molar-refractivity contribution in [3.63, 3.8) is 0 Å². The van der Waals surface area contributed by atoms with Crippen LogP contribution < -0.4 is 10.0 Å². The molecule has 0 saturated carbocycles. The second kappa shape index (κ2) is 6.45. The molecule has 0 bridgehead atoms. The normalized spacial score (nSPS) is 19.1. The average Bonchev–Trinajstić information content (AvgIpc) is 2.87. The molecular formula is C14H22N2O3S. The maximum absolute atomic E-state index is 12.6. The fourth-order valence-electron chi connectivity index (χ4n) is 2.41. The maximum Gasteiger partial charge on any atom is 0.237 e. The second-order valence-electron chi connectivity index (χ2n) is 5.08. The minimum absolute atomic E-state index is 0.0435. The van der Waals surface area contributed by atoms with E-state index in [9.17, 15) is 8.42 Å². The van der Waals surface area contributed by atoms with Gasteiger partial charge in [-0.1, -0.05) is 13.0 Å². The number of hydrogen-bond donors (Lipinski definition) is 1. The summed E-state index contributed by atoms with van der Waals surface area (Å²) in [4.78, 5) is 0. The summed E-state index contributed by atoms with van der Waals surface area (Å²) in [6.07, 6.45) is 2.32. The highest BCUT2D eigenvalue weighted by molar-refractivity contribution is 7.92. The molecule has 1 aliphatic rings. The van der Waals surface area contributed by atoms with Gasteiger partial charge in [0.25, 0.3) is 0 Å². The van der Waals surface area contributed by atoms with Gasteiger partial charge in [-0.3, -0.25) is 4.31 Å². The van der Waals surface area contributed by atoms with E-state index >= 15 is 0 Å². The fraction of sp³-hybridized carbons (Fsp3) is 0.571. The van der Waals surface area contributed by atoms with Crippen LogP contribution in [0.5, 0.6) is 0 Å². The van der Waals surface area contributed by atoms with E-state index < -0.39 is 10.0 Å². The summed E-state index contributed by atoms with van der Waals surface area (Å²) in [6.45, 7) is 3.08. The van der Waals surface area contributed by atoms with E-state index in [-0.39, 0.29) is 11.9 Å². The fourth-order valence-corrected chi connectivity index (χ4v) is 4.22. The van der Waals surface area contributed by atoms with Crippen LogP contribution in [0, 0.1) is 0 Å². The molecule has 1 aromatic rings. The van der Waals surface area contributed by atoms with Crippen LogP contribution in [0.4, 0.5) is 11.4 Å². The molecule has 1 aromatic carbocycles. The number of anilines is 2. The van der Waals surface area contributed by atoms with Crippen LogP contribution in [0.2, 0.25) is 0 Å². The Labute approximate surface area is 120 Å². The van der Waals surface area contributed by atoms with Gasteiger partial charge in [0.2, 0.25) is 10.0 Å². The summed E-state index contributed by atoms with van der Waals surface area (Å²) < 4.78 is 32.1. The summed E-state index contributed by atoms with van der Waals surface area (Å²) in [5.41, 5.74) is 6.95. The first-order valence-corrected chi connectivity index (χ1v) is 8.61. The van der Waals surface area contributed by atoms with Gasteiger partial charge in [0.1, 0.15) is 0 Å². The molecule has 1 saturated heterocycles. The van der Waals surface area contributed by atoms with Crippen molar-refractivity contribution in [2.24, 2.45) is 0 Å². The van der Waals surface area contributed by atoms with Crippen molar-refractivity contribution >= 4 is 21.4 Å². The Balaban J connectivity index is 2.22. The minimum Gasteiger partial charge on any atom is -0.399 e. The number of rotatable bonds is 6. The largest absolute Gasteiger partial charge is 0.399 e.